The van der Waals surface area contributed by atoms with Gasteiger partial charge in [-0.05, 0) is 6.42 Å². The van der Waals surface area contributed by atoms with Crippen molar-refractivity contribution < 1.29 is 9.47 Å². The first-order valence-corrected chi connectivity index (χ1v) is 3.81. The van der Waals surface area contributed by atoms with Gasteiger partial charge in [0.25, 0.3) is 0 Å². The molecule has 0 aliphatic rings. The Kier molecular flexibility index (Phi) is 20.1. The molecule has 0 radical (unpaired) electrons. The van der Waals surface area contributed by atoms with Crippen molar-refractivity contribution in [3.05, 3.63) is 0 Å². The van der Waals surface area contributed by atoms with E-state index in [1.807, 2.05) is 0 Å². The Morgan fingerprint density at radius 1 is 0.900 bits per heavy atom. The van der Waals surface area contributed by atoms with Crippen LogP contribution in [0.3, 0.4) is 0 Å². The van der Waals surface area contributed by atoms with E-state index in [1.54, 1.807) is 14.2 Å². The Bertz CT molecular complexity index is 34.2. The van der Waals surface area contributed by atoms with Crippen LogP contribution in [0.5, 0.6) is 0 Å². The number of hydrogen-bond donors (Lipinski definition) is 0. The van der Waals surface area contributed by atoms with E-state index >= 15 is 0 Å². The Morgan fingerprint density at radius 3 is 1.40 bits per heavy atom. The fourth-order valence-electron chi connectivity index (χ4n) is 0.348. The number of methoxy groups -OCH3 is 2. The van der Waals surface area contributed by atoms with Crippen LogP contribution in [0, 0.1) is 0 Å². The smallest absolute Gasteiger partial charge is 0.0484 e. The zero-order valence-electron chi connectivity index (χ0n) is 7.64. The monoisotopic (exact) mass is 148 g/mol. The molecule has 10 heavy (non-hydrogen) atoms. The third kappa shape index (κ3) is 24.7. The van der Waals surface area contributed by atoms with Gasteiger partial charge in [-0.2, -0.15) is 0 Å². The maximum Gasteiger partial charge on any atom is 0.0484 e. The minimum absolute atomic E-state index is 0.799. The molecule has 0 fully saturated rings. The van der Waals surface area contributed by atoms with Crippen LogP contribution in [0.2, 0.25) is 0 Å². The average molecular weight is 148 g/mol. The fraction of sp³-hybridized carbons (Fsp3) is 1.00. The highest BCUT2D eigenvalue weighted by Gasteiger charge is 1.79. The normalized spacial score (nSPS) is 8.40. The summed E-state index contributed by atoms with van der Waals surface area (Å²) in [6, 6.07) is 0. The molecule has 2 nitrogen and oxygen atoms in total. The molecule has 0 aromatic carbocycles. The maximum atomic E-state index is 4.76. The Hall–Kier alpha value is -0.0800. The minimum Gasteiger partial charge on any atom is -0.385 e. The molecule has 0 aliphatic carbocycles. The predicted molar refractivity (Wildman–Crippen MR) is 44.3 cm³/mol. The topological polar surface area (TPSA) is 18.5 Å². The Labute approximate surface area is 64.5 Å². The van der Waals surface area contributed by atoms with Gasteiger partial charge in [0.15, 0.2) is 0 Å². The average Bonchev–Trinajstić information content (AvgIpc) is 1.91. The van der Waals surface area contributed by atoms with Crippen LogP contribution in [0.4, 0.5) is 0 Å². The lowest BCUT2D eigenvalue weighted by molar-refractivity contribution is 0.138. The summed E-state index contributed by atoms with van der Waals surface area (Å²) >= 11 is 0. The number of hydrogen-bond acceptors (Lipinski definition) is 2. The zero-order valence-corrected chi connectivity index (χ0v) is 7.64. The van der Waals surface area contributed by atoms with Gasteiger partial charge in [-0.15, -0.1) is 0 Å². The van der Waals surface area contributed by atoms with E-state index in [9.17, 15) is 0 Å². The molecule has 0 heterocycles. The molecule has 0 aromatic heterocycles. The highest BCUT2D eigenvalue weighted by molar-refractivity contribution is 4.28. The predicted octanol–water partition coefficient (Wildman–Crippen LogP) is 2.09. The highest BCUT2D eigenvalue weighted by atomic mass is 16.5. The summed E-state index contributed by atoms with van der Waals surface area (Å²) < 4.78 is 9.53. The summed E-state index contributed by atoms with van der Waals surface area (Å²) in [4.78, 5) is 0. The molecule has 2 heteroatoms. The van der Waals surface area contributed by atoms with E-state index in [1.165, 1.54) is 6.42 Å². The SMILES string of the molecule is CCC.COCCCOC. The second-order valence-corrected chi connectivity index (χ2v) is 2.05. The lowest BCUT2D eigenvalue weighted by atomic mass is 10.5. The second kappa shape index (κ2) is 16.0. The van der Waals surface area contributed by atoms with Gasteiger partial charge in [-0.3, -0.25) is 0 Å². The largest absolute Gasteiger partial charge is 0.385 e. The van der Waals surface area contributed by atoms with Crippen molar-refractivity contribution >= 4 is 0 Å². The minimum atomic E-state index is 0.799. The van der Waals surface area contributed by atoms with Crippen molar-refractivity contribution in [3.8, 4) is 0 Å². The summed E-state index contributed by atoms with van der Waals surface area (Å²) in [5.74, 6) is 0. The van der Waals surface area contributed by atoms with Gasteiger partial charge in [0.2, 0.25) is 0 Å². The van der Waals surface area contributed by atoms with Crippen molar-refractivity contribution in [2.45, 2.75) is 26.7 Å². The molecule has 0 rings (SSSR count). The molecular weight excluding hydrogens is 128 g/mol. The quantitative estimate of drug-likeness (QED) is 0.568. The van der Waals surface area contributed by atoms with Crippen LogP contribution in [0.1, 0.15) is 26.7 Å². The fourth-order valence-corrected chi connectivity index (χ4v) is 0.348. The van der Waals surface area contributed by atoms with E-state index in [0.29, 0.717) is 0 Å². The van der Waals surface area contributed by atoms with Gasteiger partial charge in [0.05, 0.1) is 0 Å². The molecule has 0 atom stereocenters. The molecule has 0 saturated carbocycles. The van der Waals surface area contributed by atoms with Crippen molar-refractivity contribution in [1.82, 2.24) is 0 Å². The lowest BCUT2D eigenvalue weighted by Crippen LogP contribution is -1.94. The van der Waals surface area contributed by atoms with Gasteiger partial charge < -0.3 is 9.47 Å². The van der Waals surface area contributed by atoms with Crippen LogP contribution < -0.4 is 0 Å². The number of rotatable bonds is 4. The number of ether oxygens (including phenoxy) is 2. The lowest BCUT2D eigenvalue weighted by Gasteiger charge is -1.94. The third-order valence-electron chi connectivity index (χ3n) is 0.697. The zero-order chi connectivity index (χ0) is 8.24. The summed E-state index contributed by atoms with van der Waals surface area (Å²) in [5, 5.41) is 0. The van der Waals surface area contributed by atoms with Crippen molar-refractivity contribution in [1.29, 1.82) is 0 Å². The summed E-state index contributed by atoms with van der Waals surface area (Å²) in [5.41, 5.74) is 0. The van der Waals surface area contributed by atoms with E-state index < -0.39 is 0 Å². The van der Waals surface area contributed by atoms with Gasteiger partial charge >= 0.3 is 0 Å². The Morgan fingerprint density at radius 2 is 1.20 bits per heavy atom. The molecular formula is C8H20O2. The first-order valence-electron chi connectivity index (χ1n) is 3.81. The first kappa shape index (κ1) is 12.6. The summed E-state index contributed by atoms with van der Waals surface area (Å²) in [7, 11) is 3.38. The van der Waals surface area contributed by atoms with Crippen molar-refractivity contribution in [3.63, 3.8) is 0 Å². The van der Waals surface area contributed by atoms with Crippen LogP contribution in [-0.2, 0) is 9.47 Å². The Balaban J connectivity index is 0. The molecule has 0 spiro atoms. The maximum absolute atomic E-state index is 4.76. The van der Waals surface area contributed by atoms with Crippen LogP contribution >= 0.6 is 0 Å². The van der Waals surface area contributed by atoms with E-state index in [-0.39, 0.29) is 0 Å². The summed E-state index contributed by atoms with van der Waals surface area (Å²) in [6.45, 7) is 5.85. The first-order chi connectivity index (χ1) is 4.83. The molecule has 0 aliphatic heterocycles. The van der Waals surface area contributed by atoms with Crippen LogP contribution in [0.25, 0.3) is 0 Å². The van der Waals surface area contributed by atoms with Gasteiger partial charge in [-0.1, -0.05) is 20.3 Å². The van der Waals surface area contributed by atoms with Gasteiger partial charge in [0.1, 0.15) is 0 Å². The molecule has 64 valence electrons. The van der Waals surface area contributed by atoms with Crippen molar-refractivity contribution in [2.75, 3.05) is 27.4 Å². The molecule has 0 amide bonds. The van der Waals surface area contributed by atoms with Crippen LogP contribution in [0.15, 0.2) is 0 Å². The molecule has 0 aromatic rings. The third-order valence-corrected chi connectivity index (χ3v) is 0.697. The molecule has 0 saturated heterocycles. The molecule has 0 bridgehead atoms. The van der Waals surface area contributed by atoms with Crippen molar-refractivity contribution in [2.24, 2.45) is 0 Å². The van der Waals surface area contributed by atoms with E-state index in [4.69, 9.17) is 9.47 Å². The van der Waals surface area contributed by atoms with E-state index in [2.05, 4.69) is 13.8 Å². The van der Waals surface area contributed by atoms with Gasteiger partial charge in [-0.25, -0.2) is 0 Å². The molecule has 0 unspecified atom stereocenters. The van der Waals surface area contributed by atoms with Crippen LogP contribution in [-0.4, -0.2) is 27.4 Å². The van der Waals surface area contributed by atoms with Gasteiger partial charge in [0, 0.05) is 27.4 Å². The molecule has 0 N–H and O–H groups in total. The van der Waals surface area contributed by atoms with E-state index in [0.717, 1.165) is 19.6 Å². The summed E-state index contributed by atoms with van der Waals surface area (Å²) in [6.07, 6.45) is 2.24. The highest BCUT2D eigenvalue weighted by Crippen LogP contribution is 1.78. The second-order valence-electron chi connectivity index (χ2n) is 2.05. The standard InChI is InChI=1S/C5H12O2.C3H8/c1-6-4-3-5-7-2;1-3-2/h3-5H2,1-2H3;3H2,1-2H3.